The number of carbonyl (C=O) groups is 1. The topological polar surface area (TPSA) is 26.3 Å². The van der Waals surface area contributed by atoms with Crippen molar-refractivity contribution in [1.29, 1.82) is 0 Å². The fourth-order valence-corrected chi connectivity index (χ4v) is 3.65. The molecule has 0 radical (unpaired) electrons. The first-order valence-corrected chi connectivity index (χ1v) is 6.88. The highest BCUT2D eigenvalue weighted by Gasteiger charge is 2.53. The van der Waals surface area contributed by atoms with Crippen molar-refractivity contribution in [3.8, 4) is 0 Å². The maximum atomic E-state index is 11.9. The number of ether oxygens (including phenoxy) is 1. The summed E-state index contributed by atoms with van der Waals surface area (Å²) in [6.45, 7) is 7.76. The van der Waals surface area contributed by atoms with E-state index in [0.29, 0.717) is 5.57 Å². The molecule has 0 aromatic carbocycles. The van der Waals surface area contributed by atoms with Gasteiger partial charge in [0, 0.05) is 11.0 Å². The van der Waals surface area contributed by atoms with Crippen LogP contribution in [0.4, 0.5) is 0 Å². The van der Waals surface area contributed by atoms with Gasteiger partial charge in [-0.25, -0.2) is 4.79 Å². The Morgan fingerprint density at radius 1 is 1.06 bits per heavy atom. The molecule has 0 atom stereocenters. The van der Waals surface area contributed by atoms with Gasteiger partial charge in [0.25, 0.3) is 0 Å². The van der Waals surface area contributed by atoms with Gasteiger partial charge in [-0.2, -0.15) is 0 Å². The van der Waals surface area contributed by atoms with E-state index in [-0.39, 0.29) is 17.0 Å². The SMILES string of the molecule is C=C(C)C(=O)OC1(C2(C)CCCC2)CCCC1. The molecule has 0 unspecified atom stereocenters. The van der Waals surface area contributed by atoms with Gasteiger partial charge in [-0.3, -0.25) is 0 Å². The Labute approximate surface area is 104 Å². The van der Waals surface area contributed by atoms with Gasteiger partial charge in [-0.1, -0.05) is 26.3 Å². The third kappa shape index (κ3) is 2.14. The van der Waals surface area contributed by atoms with Crippen LogP contribution in [0.3, 0.4) is 0 Å². The lowest BCUT2D eigenvalue weighted by Crippen LogP contribution is -2.46. The van der Waals surface area contributed by atoms with Crippen molar-refractivity contribution in [3.05, 3.63) is 12.2 Å². The van der Waals surface area contributed by atoms with Gasteiger partial charge in [-0.05, 0) is 45.4 Å². The fraction of sp³-hybridized carbons (Fsp3) is 0.800. The lowest BCUT2D eigenvalue weighted by atomic mass is 9.70. The minimum atomic E-state index is -0.195. The molecule has 2 aliphatic rings. The molecule has 0 aromatic heterocycles. The summed E-state index contributed by atoms with van der Waals surface area (Å²) in [4.78, 5) is 11.9. The summed E-state index contributed by atoms with van der Waals surface area (Å²) in [5, 5.41) is 0. The highest BCUT2D eigenvalue weighted by Crippen LogP contribution is 2.55. The van der Waals surface area contributed by atoms with Crippen LogP contribution in [0.15, 0.2) is 12.2 Å². The molecule has 0 heterocycles. The van der Waals surface area contributed by atoms with Crippen LogP contribution < -0.4 is 0 Å². The van der Waals surface area contributed by atoms with Crippen molar-refractivity contribution in [3.63, 3.8) is 0 Å². The second-order valence-electron chi connectivity index (χ2n) is 6.14. The zero-order valence-electron chi connectivity index (χ0n) is 11.2. The van der Waals surface area contributed by atoms with Crippen molar-refractivity contribution in [2.75, 3.05) is 0 Å². The Balaban J connectivity index is 2.20. The minimum absolute atomic E-state index is 0.194. The molecular formula is C15H24O2. The van der Waals surface area contributed by atoms with Crippen molar-refractivity contribution in [2.45, 2.75) is 70.8 Å². The van der Waals surface area contributed by atoms with Crippen LogP contribution in [0.2, 0.25) is 0 Å². The van der Waals surface area contributed by atoms with E-state index in [1.165, 1.54) is 38.5 Å². The van der Waals surface area contributed by atoms with Crippen molar-refractivity contribution < 1.29 is 9.53 Å². The van der Waals surface area contributed by atoms with E-state index in [4.69, 9.17) is 4.74 Å². The van der Waals surface area contributed by atoms with Crippen LogP contribution in [0, 0.1) is 5.41 Å². The summed E-state index contributed by atoms with van der Waals surface area (Å²) < 4.78 is 5.91. The Kier molecular flexibility index (Phi) is 3.33. The highest BCUT2D eigenvalue weighted by atomic mass is 16.6. The number of hydrogen-bond donors (Lipinski definition) is 0. The zero-order valence-corrected chi connectivity index (χ0v) is 11.2. The number of hydrogen-bond acceptors (Lipinski definition) is 2. The van der Waals surface area contributed by atoms with Crippen LogP contribution in [-0.4, -0.2) is 11.6 Å². The Morgan fingerprint density at radius 2 is 1.53 bits per heavy atom. The van der Waals surface area contributed by atoms with Gasteiger partial charge < -0.3 is 4.74 Å². The average Bonchev–Trinajstić information content (AvgIpc) is 2.88. The molecule has 0 aliphatic heterocycles. The van der Waals surface area contributed by atoms with Gasteiger partial charge in [0.05, 0.1) is 0 Å². The molecular weight excluding hydrogens is 212 g/mol. The number of esters is 1. The van der Waals surface area contributed by atoms with E-state index in [2.05, 4.69) is 13.5 Å². The molecule has 0 amide bonds. The van der Waals surface area contributed by atoms with Crippen molar-refractivity contribution >= 4 is 5.97 Å². The molecule has 2 heteroatoms. The van der Waals surface area contributed by atoms with Crippen LogP contribution >= 0.6 is 0 Å². The molecule has 2 nitrogen and oxygen atoms in total. The standard InChI is InChI=1S/C15H24O2/c1-12(2)13(16)17-15(10-6-7-11-15)14(3)8-4-5-9-14/h1,4-11H2,2-3H3. The molecule has 0 spiro atoms. The maximum absolute atomic E-state index is 11.9. The third-order valence-electron chi connectivity index (χ3n) is 4.85. The van der Waals surface area contributed by atoms with E-state index in [0.717, 1.165) is 12.8 Å². The largest absolute Gasteiger partial charge is 0.455 e. The lowest BCUT2D eigenvalue weighted by Gasteiger charge is -2.43. The molecule has 2 saturated carbocycles. The lowest BCUT2D eigenvalue weighted by molar-refractivity contribution is -0.170. The smallest absolute Gasteiger partial charge is 0.333 e. The van der Waals surface area contributed by atoms with E-state index < -0.39 is 0 Å². The zero-order chi connectivity index (χ0) is 12.5. The fourth-order valence-electron chi connectivity index (χ4n) is 3.65. The quantitative estimate of drug-likeness (QED) is 0.547. The molecule has 2 rings (SSSR count). The summed E-state index contributed by atoms with van der Waals surface area (Å²) in [6.07, 6.45) is 9.45. The molecule has 2 fully saturated rings. The summed E-state index contributed by atoms with van der Waals surface area (Å²) in [5.74, 6) is -0.194. The van der Waals surface area contributed by atoms with Gasteiger partial charge in [0.2, 0.25) is 0 Å². The molecule has 0 aromatic rings. The Hall–Kier alpha value is -0.790. The molecule has 17 heavy (non-hydrogen) atoms. The normalized spacial score (nSPS) is 25.8. The highest BCUT2D eigenvalue weighted by molar-refractivity contribution is 5.87. The second kappa shape index (κ2) is 4.47. The maximum Gasteiger partial charge on any atom is 0.333 e. The monoisotopic (exact) mass is 236 g/mol. The van der Waals surface area contributed by atoms with Gasteiger partial charge >= 0.3 is 5.97 Å². The van der Waals surface area contributed by atoms with Gasteiger partial charge in [-0.15, -0.1) is 0 Å². The van der Waals surface area contributed by atoms with Crippen molar-refractivity contribution in [2.24, 2.45) is 5.41 Å². The Morgan fingerprint density at radius 3 is 2.00 bits per heavy atom. The second-order valence-corrected chi connectivity index (χ2v) is 6.14. The van der Waals surface area contributed by atoms with Crippen molar-refractivity contribution in [1.82, 2.24) is 0 Å². The van der Waals surface area contributed by atoms with Gasteiger partial charge in [0.1, 0.15) is 5.60 Å². The molecule has 0 saturated heterocycles. The van der Waals surface area contributed by atoms with E-state index in [1.807, 2.05) is 0 Å². The van der Waals surface area contributed by atoms with Gasteiger partial charge in [0.15, 0.2) is 0 Å². The summed E-state index contributed by atoms with van der Waals surface area (Å²) >= 11 is 0. The first kappa shape index (κ1) is 12.7. The van der Waals surface area contributed by atoms with Crippen LogP contribution in [-0.2, 0) is 9.53 Å². The Bertz CT molecular complexity index is 318. The van der Waals surface area contributed by atoms with Crippen LogP contribution in [0.1, 0.15) is 65.2 Å². The molecule has 0 bridgehead atoms. The predicted octanol–water partition coefficient (Wildman–Crippen LogP) is 4.00. The third-order valence-corrected chi connectivity index (χ3v) is 4.85. The summed E-state index contributed by atoms with van der Waals surface area (Å²) in [7, 11) is 0. The number of rotatable bonds is 3. The molecule has 0 N–H and O–H groups in total. The molecule has 96 valence electrons. The first-order chi connectivity index (χ1) is 7.99. The van der Waals surface area contributed by atoms with E-state index >= 15 is 0 Å². The first-order valence-electron chi connectivity index (χ1n) is 6.88. The minimum Gasteiger partial charge on any atom is -0.455 e. The number of carbonyl (C=O) groups excluding carboxylic acids is 1. The van der Waals surface area contributed by atoms with E-state index in [9.17, 15) is 4.79 Å². The van der Waals surface area contributed by atoms with Crippen LogP contribution in [0.25, 0.3) is 0 Å². The summed E-state index contributed by atoms with van der Waals surface area (Å²) in [6, 6.07) is 0. The van der Waals surface area contributed by atoms with E-state index in [1.54, 1.807) is 6.92 Å². The summed E-state index contributed by atoms with van der Waals surface area (Å²) in [5.41, 5.74) is 0.534. The molecule has 2 aliphatic carbocycles. The predicted molar refractivity (Wildman–Crippen MR) is 68.7 cm³/mol. The van der Waals surface area contributed by atoms with Crippen LogP contribution in [0.5, 0.6) is 0 Å². The average molecular weight is 236 g/mol.